The molecule has 0 aliphatic carbocycles. The maximum Gasteiger partial charge on any atom is 0.329 e. The molecule has 0 spiro atoms. The Balaban J connectivity index is 4.29. The number of amides is 1. The first-order valence-corrected chi connectivity index (χ1v) is 5.67. The highest BCUT2D eigenvalue weighted by Crippen LogP contribution is 1.92. The topological polar surface area (TPSA) is 93.7 Å². The smallest absolute Gasteiger partial charge is 0.329 e. The minimum Gasteiger partial charge on any atom is -0.467 e. The van der Waals surface area contributed by atoms with Gasteiger partial charge in [-0.2, -0.15) is 0 Å². The van der Waals surface area contributed by atoms with Gasteiger partial charge in [-0.15, -0.1) is 0 Å². The quantitative estimate of drug-likeness (QED) is 0.582. The molecule has 0 aliphatic heterocycles. The number of ether oxygens (including phenoxy) is 2. The molecule has 0 rings (SSSR count). The largest absolute Gasteiger partial charge is 0.467 e. The van der Waals surface area contributed by atoms with Gasteiger partial charge in [-0.1, -0.05) is 0 Å². The van der Waals surface area contributed by atoms with E-state index in [0.29, 0.717) is 0 Å². The van der Waals surface area contributed by atoms with E-state index in [2.05, 4.69) is 15.4 Å². The number of carbonyl (C=O) groups is 3. The van der Waals surface area contributed by atoms with Crippen LogP contribution >= 0.6 is 0 Å². The van der Waals surface area contributed by atoms with Crippen LogP contribution in [0.25, 0.3) is 0 Å². The van der Waals surface area contributed by atoms with Gasteiger partial charge in [0, 0.05) is 13.5 Å². The Morgan fingerprint density at radius 2 is 1.83 bits per heavy atom. The van der Waals surface area contributed by atoms with Crippen LogP contribution in [0.4, 0.5) is 0 Å². The Morgan fingerprint density at radius 3 is 2.28 bits per heavy atom. The van der Waals surface area contributed by atoms with Gasteiger partial charge in [0.25, 0.3) is 0 Å². The number of hydrogen-bond donors (Lipinski definition) is 2. The molecular formula is C11H20N2O5. The van der Waals surface area contributed by atoms with Crippen molar-refractivity contribution in [2.24, 2.45) is 0 Å². The van der Waals surface area contributed by atoms with Crippen LogP contribution in [0.2, 0.25) is 0 Å². The Bertz CT molecular complexity index is 306. The zero-order valence-electron chi connectivity index (χ0n) is 11.1. The van der Waals surface area contributed by atoms with Crippen LogP contribution in [-0.2, 0) is 23.9 Å². The Morgan fingerprint density at radius 1 is 1.22 bits per heavy atom. The van der Waals surface area contributed by atoms with Gasteiger partial charge in [0.1, 0.15) is 12.1 Å². The summed E-state index contributed by atoms with van der Waals surface area (Å²) in [5, 5.41) is 5.23. The summed E-state index contributed by atoms with van der Waals surface area (Å²) >= 11 is 0. The molecule has 0 aromatic rings. The Kier molecular flexibility index (Phi) is 7.69. The van der Waals surface area contributed by atoms with Gasteiger partial charge in [0.05, 0.1) is 13.7 Å². The third-order valence-electron chi connectivity index (χ3n) is 2.13. The molecule has 0 aromatic carbocycles. The van der Waals surface area contributed by atoms with Crippen molar-refractivity contribution in [3.8, 4) is 0 Å². The van der Waals surface area contributed by atoms with Crippen LogP contribution in [0, 0.1) is 0 Å². The summed E-state index contributed by atoms with van der Waals surface area (Å²) in [5.41, 5.74) is 0. The lowest BCUT2D eigenvalue weighted by atomic mass is 10.2. The van der Waals surface area contributed by atoms with Crippen LogP contribution in [0.3, 0.4) is 0 Å². The Hall–Kier alpha value is -1.63. The normalized spacial score (nSPS) is 13.3. The van der Waals surface area contributed by atoms with E-state index in [0.717, 1.165) is 0 Å². The molecule has 2 unspecified atom stereocenters. The van der Waals surface area contributed by atoms with Crippen molar-refractivity contribution in [1.82, 2.24) is 10.6 Å². The molecule has 0 saturated heterocycles. The van der Waals surface area contributed by atoms with Crippen molar-refractivity contribution < 1.29 is 23.9 Å². The summed E-state index contributed by atoms with van der Waals surface area (Å²) in [5.74, 6) is -1.34. The molecular weight excluding hydrogens is 240 g/mol. The predicted molar refractivity (Wildman–Crippen MR) is 63.7 cm³/mol. The lowest BCUT2D eigenvalue weighted by molar-refractivity contribution is -0.147. The lowest BCUT2D eigenvalue weighted by Gasteiger charge is -2.18. The molecule has 7 nitrogen and oxygen atoms in total. The second kappa shape index (κ2) is 8.46. The first-order chi connectivity index (χ1) is 8.42. The van der Waals surface area contributed by atoms with Crippen molar-refractivity contribution in [1.29, 1.82) is 0 Å². The number of hydrogen-bond acceptors (Lipinski definition) is 6. The summed E-state index contributed by atoms with van der Waals surface area (Å²) in [6.45, 7) is 4.99. The van der Waals surface area contributed by atoms with E-state index in [-0.39, 0.29) is 19.1 Å². The molecule has 18 heavy (non-hydrogen) atoms. The van der Waals surface area contributed by atoms with Crippen LogP contribution in [0.15, 0.2) is 0 Å². The van der Waals surface area contributed by atoms with E-state index in [1.807, 2.05) is 0 Å². The van der Waals surface area contributed by atoms with Crippen molar-refractivity contribution in [2.75, 3.05) is 20.3 Å². The van der Waals surface area contributed by atoms with Crippen molar-refractivity contribution in [2.45, 2.75) is 32.9 Å². The summed E-state index contributed by atoms with van der Waals surface area (Å²) in [6.07, 6.45) is 0. The van der Waals surface area contributed by atoms with E-state index in [9.17, 15) is 14.4 Å². The molecule has 2 atom stereocenters. The SMILES string of the molecule is CCOC(=O)C(C)NCC(NC(C)=O)C(=O)OC. The van der Waals surface area contributed by atoms with Crippen LogP contribution in [0.5, 0.6) is 0 Å². The van der Waals surface area contributed by atoms with Gasteiger partial charge in [-0.05, 0) is 13.8 Å². The monoisotopic (exact) mass is 260 g/mol. The number of carbonyl (C=O) groups excluding carboxylic acids is 3. The second-order valence-corrected chi connectivity index (χ2v) is 3.66. The molecule has 7 heteroatoms. The van der Waals surface area contributed by atoms with Gasteiger partial charge in [0.15, 0.2) is 0 Å². The number of nitrogens with one attached hydrogen (secondary N) is 2. The molecule has 0 aromatic heterocycles. The fourth-order valence-corrected chi connectivity index (χ4v) is 1.23. The van der Waals surface area contributed by atoms with E-state index in [4.69, 9.17) is 4.74 Å². The van der Waals surface area contributed by atoms with Gasteiger partial charge in [-0.25, -0.2) is 4.79 Å². The highest BCUT2D eigenvalue weighted by molar-refractivity contribution is 5.83. The molecule has 2 N–H and O–H groups in total. The number of esters is 2. The minimum atomic E-state index is -0.829. The average Bonchev–Trinajstić information content (AvgIpc) is 2.32. The first-order valence-electron chi connectivity index (χ1n) is 5.67. The fourth-order valence-electron chi connectivity index (χ4n) is 1.23. The van der Waals surface area contributed by atoms with Crippen molar-refractivity contribution in [3.05, 3.63) is 0 Å². The predicted octanol–water partition coefficient (Wildman–Crippen LogP) is -0.795. The standard InChI is InChI=1S/C11H20N2O5/c1-5-18-10(15)7(2)12-6-9(11(16)17-4)13-8(3)14/h7,9,12H,5-6H2,1-4H3,(H,13,14). The molecule has 1 amide bonds. The van der Waals surface area contributed by atoms with E-state index >= 15 is 0 Å². The third-order valence-corrected chi connectivity index (χ3v) is 2.13. The molecule has 0 bridgehead atoms. The Labute approximate surface area is 106 Å². The van der Waals surface area contributed by atoms with Crippen molar-refractivity contribution in [3.63, 3.8) is 0 Å². The van der Waals surface area contributed by atoms with Gasteiger partial charge < -0.3 is 20.1 Å². The zero-order valence-corrected chi connectivity index (χ0v) is 11.1. The fraction of sp³-hybridized carbons (Fsp3) is 0.727. The zero-order chi connectivity index (χ0) is 14.1. The molecule has 0 heterocycles. The second-order valence-electron chi connectivity index (χ2n) is 3.66. The van der Waals surface area contributed by atoms with Crippen LogP contribution < -0.4 is 10.6 Å². The summed E-state index contributed by atoms with van der Waals surface area (Å²) in [4.78, 5) is 33.6. The molecule has 0 saturated carbocycles. The average molecular weight is 260 g/mol. The van der Waals surface area contributed by atoms with E-state index in [1.54, 1.807) is 13.8 Å². The molecule has 0 fully saturated rings. The molecule has 0 radical (unpaired) electrons. The highest BCUT2D eigenvalue weighted by atomic mass is 16.5. The lowest BCUT2D eigenvalue weighted by Crippen LogP contribution is -2.50. The van der Waals surface area contributed by atoms with Gasteiger partial charge >= 0.3 is 11.9 Å². The van der Waals surface area contributed by atoms with Crippen LogP contribution in [-0.4, -0.2) is 50.2 Å². The minimum absolute atomic E-state index is 0.0895. The molecule has 0 aliphatic rings. The highest BCUT2D eigenvalue weighted by Gasteiger charge is 2.22. The molecule has 104 valence electrons. The summed E-state index contributed by atoms with van der Waals surface area (Å²) < 4.78 is 9.34. The third kappa shape index (κ3) is 6.19. The van der Waals surface area contributed by atoms with E-state index < -0.39 is 24.0 Å². The summed E-state index contributed by atoms with van der Waals surface area (Å²) in [6, 6.07) is -1.39. The number of rotatable bonds is 7. The summed E-state index contributed by atoms with van der Waals surface area (Å²) in [7, 11) is 1.23. The van der Waals surface area contributed by atoms with Crippen molar-refractivity contribution >= 4 is 17.8 Å². The van der Waals surface area contributed by atoms with Gasteiger partial charge in [0.2, 0.25) is 5.91 Å². The first kappa shape index (κ1) is 16.4. The number of methoxy groups -OCH3 is 1. The van der Waals surface area contributed by atoms with Crippen LogP contribution in [0.1, 0.15) is 20.8 Å². The van der Waals surface area contributed by atoms with Gasteiger partial charge in [-0.3, -0.25) is 9.59 Å². The van der Waals surface area contributed by atoms with E-state index in [1.165, 1.54) is 14.0 Å². The maximum atomic E-state index is 11.4. The maximum absolute atomic E-state index is 11.4.